The van der Waals surface area contributed by atoms with Gasteiger partial charge in [0.05, 0.1) is 5.25 Å². The molecule has 100 valence electrons. The van der Waals surface area contributed by atoms with Gasteiger partial charge >= 0.3 is 0 Å². The van der Waals surface area contributed by atoms with Crippen LogP contribution in [0.3, 0.4) is 0 Å². The lowest BCUT2D eigenvalue weighted by molar-refractivity contribution is 0.453. The number of halogens is 1. The second-order valence-electron chi connectivity index (χ2n) is 4.97. The molecular formula is C13H18FNO2S. The minimum absolute atomic E-state index is 0.156. The standard InChI is InChI=1S/C13H18FNO2S/c1-18(16,17)13-4-2-3-12(9-13)15-11-7-5-10(14)6-8-11/h5-8,12-13,15H,2-4,9H2,1H3. The molecule has 0 bridgehead atoms. The summed E-state index contributed by atoms with van der Waals surface area (Å²) in [4.78, 5) is 0. The van der Waals surface area contributed by atoms with Gasteiger partial charge in [-0.3, -0.25) is 0 Å². The van der Waals surface area contributed by atoms with Gasteiger partial charge in [-0.15, -0.1) is 0 Å². The van der Waals surface area contributed by atoms with Crippen molar-refractivity contribution in [2.24, 2.45) is 0 Å². The van der Waals surface area contributed by atoms with E-state index in [1.54, 1.807) is 12.1 Å². The fraction of sp³-hybridized carbons (Fsp3) is 0.538. The summed E-state index contributed by atoms with van der Waals surface area (Å²) in [5, 5.41) is 3.03. The fourth-order valence-electron chi connectivity index (χ4n) is 2.45. The van der Waals surface area contributed by atoms with Gasteiger partial charge in [0.15, 0.2) is 0 Å². The van der Waals surface area contributed by atoms with Crippen LogP contribution in [0, 0.1) is 5.82 Å². The molecule has 1 aliphatic carbocycles. The molecule has 5 heteroatoms. The van der Waals surface area contributed by atoms with Crippen molar-refractivity contribution in [3.05, 3.63) is 30.1 Å². The average Bonchev–Trinajstić information content (AvgIpc) is 2.31. The molecule has 2 unspecified atom stereocenters. The molecule has 1 aliphatic rings. The Kier molecular flexibility index (Phi) is 3.90. The Hall–Kier alpha value is -1.10. The number of anilines is 1. The van der Waals surface area contributed by atoms with Crippen LogP contribution in [-0.2, 0) is 9.84 Å². The summed E-state index contributed by atoms with van der Waals surface area (Å²) in [6.45, 7) is 0. The Labute approximate surface area is 107 Å². The molecule has 1 aromatic carbocycles. The quantitative estimate of drug-likeness (QED) is 0.919. The molecule has 1 fully saturated rings. The number of sulfone groups is 1. The number of nitrogens with one attached hydrogen (secondary N) is 1. The maximum Gasteiger partial charge on any atom is 0.150 e. The predicted molar refractivity (Wildman–Crippen MR) is 70.9 cm³/mol. The third kappa shape index (κ3) is 3.45. The maximum atomic E-state index is 12.8. The van der Waals surface area contributed by atoms with Crippen LogP contribution < -0.4 is 5.32 Å². The normalized spacial score (nSPS) is 24.8. The highest BCUT2D eigenvalue weighted by molar-refractivity contribution is 7.91. The largest absolute Gasteiger partial charge is 0.382 e. The van der Waals surface area contributed by atoms with Crippen molar-refractivity contribution in [2.45, 2.75) is 37.0 Å². The second kappa shape index (κ2) is 5.26. The van der Waals surface area contributed by atoms with Crippen LogP contribution in [0.5, 0.6) is 0 Å². The zero-order chi connectivity index (χ0) is 13.2. The third-order valence-electron chi connectivity index (χ3n) is 3.45. The topological polar surface area (TPSA) is 46.2 Å². The average molecular weight is 271 g/mol. The molecule has 0 radical (unpaired) electrons. The highest BCUT2D eigenvalue weighted by Crippen LogP contribution is 2.26. The Morgan fingerprint density at radius 3 is 2.50 bits per heavy atom. The summed E-state index contributed by atoms with van der Waals surface area (Å²) < 4.78 is 35.9. The second-order valence-corrected chi connectivity index (χ2v) is 7.29. The van der Waals surface area contributed by atoms with Gasteiger partial charge in [0.25, 0.3) is 0 Å². The van der Waals surface area contributed by atoms with E-state index in [0.717, 1.165) is 24.9 Å². The van der Waals surface area contributed by atoms with Crippen molar-refractivity contribution < 1.29 is 12.8 Å². The Morgan fingerprint density at radius 2 is 1.89 bits per heavy atom. The Balaban J connectivity index is 2.00. The lowest BCUT2D eigenvalue weighted by Crippen LogP contribution is -2.34. The maximum absolute atomic E-state index is 12.8. The first kappa shape index (κ1) is 13.3. The van der Waals surface area contributed by atoms with Gasteiger partial charge in [-0.05, 0) is 43.5 Å². The van der Waals surface area contributed by atoms with E-state index in [1.165, 1.54) is 18.4 Å². The molecule has 0 saturated heterocycles. The first-order valence-electron chi connectivity index (χ1n) is 6.16. The van der Waals surface area contributed by atoms with Gasteiger partial charge in [0, 0.05) is 18.0 Å². The van der Waals surface area contributed by atoms with Crippen molar-refractivity contribution in [3.63, 3.8) is 0 Å². The number of hydrogen-bond acceptors (Lipinski definition) is 3. The summed E-state index contributed by atoms with van der Waals surface area (Å²) in [5.74, 6) is -0.266. The molecule has 1 N–H and O–H groups in total. The number of benzene rings is 1. The van der Waals surface area contributed by atoms with Crippen molar-refractivity contribution >= 4 is 15.5 Å². The SMILES string of the molecule is CS(=O)(=O)C1CCCC(Nc2ccc(F)cc2)C1. The predicted octanol–water partition coefficient (Wildman–Crippen LogP) is 2.59. The van der Waals surface area contributed by atoms with Crippen molar-refractivity contribution in [1.82, 2.24) is 0 Å². The molecule has 0 heterocycles. The van der Waals surface area contributed by atoms with Crippen molar-refractivity contribution in [2.75, 3.05) is 11.6 Å². The van der Waals surface area contributed by atoms with E-state index in [1.807, 2.05) is 0 Å². The minimum Gasteiger partial charge on any atom is -0.382 e. The molecule has 0 amide bonds. The first-order chi connectivity index (χ1) is 8.45. The number of hydrogen-bond donors (Lipinski definition) is 1. The fourth-order valence-corrected chi connectivity index (χ4v) is 3.62. The summed E-state index contributed by atoms with van der Waals surface area (Å²) in [6.07, 6.45) is 4.56. The van der Waals surface area contributed by atoms with Crippen molar-refractivity contribution in [3.8, 4) is 0 Å². The minimum atomic E-state index is -2.96. The zero-order valence-electron chi connectivity index (χ0n) is 10.4. The Morgan fingerprint density at radius 1 is 1.22 bits per heavy atom. The van der Waals surface area contributed by atoms with E-state index in [4.69, 9.17) is 0 Å². The summed E-state index contributed by atoms with van der Waals surface area (Å²) >= 11 is 0. The van der Waals surface area contributed by atoms with E-state index in [2.05, 4.69) is 5.32 Å². The zero-order valence-corrected chi connectivity index (χ0v) is 11.2. The van der Waals surface area contributed by atoms with Gasteiger partial charge in [-0.2, -0.15) is 0 Å². The molecular weight excluding hydrogens is 253 g/mol. The van der Waals surface area contributed by atoms with Crippen LogP contribution in [0.4, 0.5) is 10.1 Å². The Bertz CT molecular complexity index is 498. The van der Waals surface area contributed by atoms with Gasteiger partial charge in [0.2, 0.25) is 0 Å². The van der Waals surface area contributed by atoms with Crippen LogP contribution in [0.25, 0.3) is 0 Å². The highest BCUT2D eigenvalue weighted by atomic mass is 32.2. The molecule has 0 spiro atoms. The monoisotopic (exact) mass is 271 g/mol. The van der Waals surface area contributed by atoms with Crippen LogP contribution in [-0.4, -0.2) is 26.0 Å². The molecule has 3 nitrogen and oxygen atoms in total. The van der Waals surface area contributed by atoms with Crippen LogP contribution in [0.1, 0.15) is 25.7 Å². The summed E-state index contributed by atoms with van der Waals surface area (Å²) in [5.41, 5.74) is 0.843. The van der Waals surface area contributed by atoms with E-state index in [0.29, 0.717) is 6.42 Å². The summed E-state index contributed by atoms with van der Waals surface area (Å²) in [6, 6.07) is 6.32. The molecule has 2 rings (SSSR count). The lowest BCUT2D eigenvalue weighted by atomic mass is 9.95. The van der Waals surface area contributed by atoms with E-state index >= 15 is 0 Å². The smallest absolute Gasteiger partial charge is 0.150 e. The van der Waals surface area contributed by atoms with Crippen LogP contribution in [0.2, 0.25) is 0 Å². The van der Waals surface area contributed by atoms with Gasteiger partial charge in [-0.25, -0.2) is 12.8 Å². The molecule has 18 heavy (non-hydrogen) atoms. The molecule has 0 aliphatic heterocycles. The molecule has 1 aromatic rings. The highest BCUT2D eigenvalue weighted by Gasteiger charge is 2.28. The van der Waals surface area contributed by atoms with Gasteiger partial charge in [-0.1, -0.05) is 6.42 Å². The molecule has 0 aromatic heterocycles. The summed E-state index contributed by atoms with van der Waals surface area (Å²) in [7, 11) is -2.96. The van der Waals surface area contributed by atoms with Crippen molar-refractivity contribution in [1.29, 1.82) is 0 Å². The lowest BCUT2D eigenvalue weighted by Gasteiger charge is -2.29. The molecule has 2 atom stereocenters. The van der Waals surface area contributed by atoms with E-state index < -0.39 is 9.84 Å². The van der Waals surface area contributed by atoms with Crippen LogP contribution in [0.15, 0.2) is 24.3 Å². The number of rotatable bonds is 3. The van der Waals surface area contributed by atoms with Crippen LogP contribution >= 0.6 is 0 Å². The van der Waals surface area contributed by atoms with E-state index in [9.17, 15) is 12.8 Å². The first-order valence-corrected chi connectivity index (χ1v) is 8.11. The van der Waals surface area contributed by atoms with E-state index in [-0.39, 0.29) is 17.1 Å². The van der Waals surface area contributed by atoms with Gasteiger partial charge < -0.3 is 5.32 Å². The third-order valence-corrected chi connectivity index (χ3v) is 5.09. The molecule has 1 saturated carbocycles. The van der Waals surface area contributed by atoms with Gasteiger partial charge in [0.1, 0.15) is 15.7 Å².